The number of carbonyl (C=O) groups is 1. The molecule has 2 aromatic heterocycles. The van der Waals surface area contributed by atoms with E-state index in [0.29, 0.717) is 46.1 Å². The summed E-state index contributed by atoms with van der Waals surface area (Å²) in [5.41, 5.74) is 1.51. The lowest BCUT2D eigenvalue weighted by atomic mass is 10.2. The van der Waals surface area contributed by atoms with Crippen LogP contribution in [0.15, 0.2) is 47.1 Å². The molecule has 0 aliphatic rings. The Hall–Kier alpha value is -2.57. The first-order chi connectivity index (χ1) is 13.1. The first-order valence-electron chi connectivity index (χ1n) is 8.21. The Morgan fingerprint density at radius 3 is 2.89 bits per heavy atom. The molecule has 0 unspecified atom stereocenters. The fourth-order valence-corrected chi connectivity index (χ4v) is 2.99. The molecule has 0 saturated carbocycles. The van der Waals surface area contributed by atoms with Crippen molar-refractivity contribution < 1.29 is 13.9 Å². The van der Waals surface area contributed by atoms with Gasteiger partial charge in [0.1, 0.15) is 0 Å². The van der Waals surface area contributed by atoms with E-state index in [1.54, 1.807) is 43.8 Å². The molecule has 0 saturated heterocycles. The zero-order chi connectivity index (χ0) is 19.2. The Balaban J connectivity index is 1.54. The number of pyridine rings is 1. The van der Waals surface area contributed by atoms with Crippen LogP contribution in [0.3, 0.4) is 0 Å². The molecule has 0 aliphatic carbocycles. The Kier molecular flexibility index (Phi) is 6.32. The molecule has 2 heterocycles. The van der Waals surface area contributed by atoms with Crippen LogP contribution in [0.4, 0.5) is 0 Å². The van der Waals surface area contributed by atoms with Crippen molar-refractivity contribution in [3.63, 3.8) is 0 Å². The molecule has 1 N–H and O–H groups in total. The second kappa shape index (κ2) is 8.88. The highest BCUT2D eigenvalue weighted by Crippen LogP contribution is 2.30. The summed E-state index contributed by atoms with van der Waals surface area (Å²) in [4.78, 5) is 20.4. The maximum atomic E-state index is 12.1. The Labute approximate surface area is 166 Å². The van der Waals surface area contributed by atoms with Crippen LogP contribution >= 0.6 is 23.2 Å². The number of aryl methyl sites for hydroxylation is 1. The van der Waals surface area contributed by atoms with Gasteiger partial charge in [-0.05, 0) is 24.3 Å². The summed E-state index contributed by atoms with van der Waals surface area (Å²) in [7, 11) is 1.54. The number of rotatable bonds is 7. The van der Waals surface area contributed by atoms with E-state index in [-0.39, 0.29) is 12.3 Å². The third kappa shape index (κ3) is 4.99. The zero-order valence-electron chi connectivity index (χ0n) is 14.5. The van der Waals surface area contributed by atoms with Gasteiger partial charge in [-0.25, -0.2) is 9.97 Å². The summed E-state index contributed by atoms with van der Waals surface area (Å²) in [5.74, 6) is 1.37. The van der Waals surface area contributed by atoms with E-state index in [4.69, 9.17) is 32.4 Å². The van der Waals surface area contributed by atoms with E-state index in [1.165, 1.54) is 0 Å². The first kappa shape index (κ1) is 19.2. The van der Waals surface area contributed by atoms with E-state index < -0.39 is 0 Å². The van der Waals surface area contributed by atoms with Crippen LogP contribution in [0.5, 0.6) is 5.88 Å². The standard InChI is InChI=1S/C19H17Cl2N3O3/c1-26-19-12(3-2-8-22-19)10-23-17(25)6-7-18-24-11-16(27-18)14-5-4-13(20)9-15(14)21/h2-5,8-9,11H,6-7,10H2,1H3,(H,23,25). The van der Waals surface area contributed by atoms with Gasteiger partial charge in [0.15, 0.2) is 11.7 Å². The summed E-state index contributed by atoms with van der Waals surface area (Å²) >= 11 is 12.1. The lowest BCUT2D eigenvalue weighted by molar-refractivity contribution is -0.121. The number of halogens is 2. The van der Waals surface area contributed by atoms with Crippen molar-refractivity contribution in [3.8, 4) is 17.2 Å². The monoisotopic (exact) mass is 405 g/mol. The third-order valence-corrected chi connectivity index (χ3v) is 4.38. The van der Waals surface area contributed by atoms with Crippen LogP contribution in [0, 0.1) is 0 Å². The molecule has 0 aliphatic heterocycles. The van der Waals surface area contributed by atoms with Crippen molar-refractivity contribution in [2.45, 2.75) is 19.4 Å². The maximum Gasteiger partial charge on any atom is 0.220 e. The number of methoxy groups -OCH3 is 1. The largest absolute Gasteiger partial charge is 0.481 e. The van der Waals surface area contributed by atoms with Gasteiger partial charge in [-0.3, -0.25) is 4.79 Å². The number of ether oxygens (including phenoxy) is 1. The predicted octanol–water partition coefficient (Wildman–Crippen LogP) is 4.30. The number of benzene rings is 1. The number of amides is 1. The SMILES string of the molecule is COc1ncccc1CNC(=O)CCc1ncc(-c2ccc(Cl)cc2Cl)o1. The number of hydrogen-bond donors (Lipinski definition) is 1. The fourth-order valence-electron chi connectivity index (χ4n) is 2.48. The quantitative estimate of drug-likeness (QED) is 0.633. The minimum absolute atomic E-state index is 0.120. The summed E-state index contributed by atoms with van der Waals surface area (Å²) in [5, 5.41) is 3.86. The molecule has 3 aromatic rings. The Morgan fingerprint density at radius 1 is 1.26 bits per heavy atom. The summed E-state index contributed by atoms with van der Waals surface area (Å²) in [6.45, 7) is 0.340. The average molecular weight is 406 g/mol. The van der Waals surface area contributed by atoms with Crippen LogP contribution < -0.4 is 10.1 Å². The third-order valence-electron chi connectivity index (χ3n) is 3.84. The highest BCUT2D eigenvalue weighted by atomic mass is 35.5. The number of nitrogens with zero attached hydrogens (tertiary/aromatic N) is 2. The second-order valence-electron chi connectivity index (χ2n) is 5.69. The van der Waals surface area contributed by atoms with Crippen molar-refractivity contribution in [1.82, 2.24) is 15.3 Å². The van der Waals surface area contributed by atoms with Crippen molar-refractivity contribution in [1.29, 1.82) is 0 Å². The first-order valence-corrected chi connectivity index (χ1v) is 8.97. The van der Waals surface area contributed by atoms with Crippen LogP contribution in [0.2, 0.25) is 10.0 Å². The number of hydrogen-bond acceptors (Lipinski definition) is 5. The summed E-state index contributed by atoms with van der Waals surface area (Å²) in [6.07, 6.45) is 3.85. The Bertz CT molecular complexity index is 943. The number of nitrogens with one attached hydrogen (secondary N) is 1. The molecule has 1 amide bonds. The molecule has 0 atom stereocenters. The maximum absolute atomic E-state index is 12.1. The van der Waals surface area contributed by atoms with Crippen LogP contribution in [0.25, 0.3) is 11.3 Å². The van der Waals surface area contributed by atoms with E-state index in [1.807, 2.05) is 6.07 Å². The van der Waals surface area contributed by atoms with Gasteiger partial charge in [0.05, 0.1) is 18.3 Å². The molecule has 0 spiro atoms. The molecular formula is C19H17Cl2N3O3. The Morgan fingerprint density at radius 2 is 2.11 bits per heavy atom. The van der Waals surface area contributed by atoms with Crippen molar-refractivity contribution in [2.75, 3.05) is 7.11 Å². The van der Waals surface area contributed by atoms with Crippen molar-refractivity contribution >= 4 is 29.1 Å². The number of carbonyl (C=O) groups excluding carboxylic acids is 1. The molecule has 3 rings (SSSR count). The van der Waals surface area contributed by atoms with Gasteiger partial charge >= 0.3 is 0 Å². The predicted molar refractivity (Wildman–Crippen MR) is 103 cm³/mol. The molecule has 1 aromatic carbocycles. The number of aromatic nitrogens is 2. The van der Waals surface area contributed by atoms with Gasteiger partial charge in [0, 0.05) is 41.7 Å². The lowest BCUT2D eigenvalue weighted by Gasteiger charge is -2.08. The molecule has 8 heteroatoms. The average Bonchev–Trinajstić information content (AvgIpc) is 3.13. The van der Waals surface area contributed by atoms with Crippen LogP contribution in [-0.2, 0) is 17.8 Å². The van der Waals surface area contributed by atoms with E-state index in [9.17, 15) is 4.79 Å². The summed E-state index contributed by atoms with van der Waals surface area (Å²) in [6, 6.07) is 8.78. The van der Waals surface area contributed by atoms with Crippen molar-refractivity contribution in [3.05, 3.63) is 64.2 Å². The van der Waals surface area contributed by atoms with Gasteiger partial charge in [-0.1, -0.05) is 29.3 Å². The molecule has 0 bridgehead atoms. The minimum Gasteiger partial charge on any atom is -0.481 e. The minimum atomic E-state index is -0.120. The second-order valence-corrected chi connectivity index (χ2v) is 6.53. The van der Waals surface area contributed by atoms with Gasteiger partial charge in [-0.15, -0.1) is 0 Å². The van der Waals surface area contributed by atoms with E-state index >= 15 is 0 Å². The molecule has 140 valence electrons. The molecule has 0 fully saturated rings. The molecule has 0 radical (unpaired) electrons. The lowest BCUT2D eigenvalue weighted by Crippen LogP contribution is -2.23. The normalized spacial score (nSPS) is 10.6. The number of oxazole rings is 1. The highest BCUT2D eigenvalue weighted by Gasteiger charge is 2.12. The molecule has 6 nitrogen and oxygen atoms in total. The van der Waals surface area contributed by atoms with Crippen LogP contribution in [-0.4, -0.2) is 23.0 Å². The smallest absolute Gasteiger partial charge is 0.220 e. The molecule has 27 heavy (non-hydrogen) atoms. The van der Waals surface area contributed by atoms with Gasteiger partial charge in [0.25, 0.3) is 0 Å². The van der Waals surface area contributed by atoms with E-state index in [0.717, 1.165) is 5.56 Å². The van der Waals surface area contributed by atoms with Gasteiger partial charge < -0.3 is 14.5 Å². The summed E-state index contributed by atoms with van der Waals surface area (Å²) < 4.78 is 10.9. The van der Waals surface area contributed by atoms with Gasteiger partial charge in [-0.2, -0.15) is 0 Å². The van der Waals surface area contributed by atoms with Gasteiger partial charge in [0.2, 0.25) is 11.8 Å². The fraction of sp³-hybridized carbons (Fsp3) is 0.211. The van der Waals surface area contributed by atoms with Crippen LogP contribution in [0.1, 0.15) is 17.9 Å². The topological polar surface area (TPSA) is 77.2 Å². The van der Waals surface area contributed by atoms with Crippen molar-refractivity contribution in [2.24, 2.45) is 0 Å². The van der Waals surface area contributed by atoms with E-state index in [2.05, 4.69) is 15.3 Å². The molecular weight excluding hydrogens is 389 g/mol. The zero-order valence-corrected chi connectivity index (χ0v) is 16.0. The highest BCUT2D eigenvalue weighted by molar-refractivity contribution is 6.36.